The Morgan fingerprint density at radius 2 is 2.44 bits per heavy atom. The van der Waals surface area contributed by atoms with E-state index in [0.29, 0.717) is 11.5 Å². The Hall–Kier alpha value is -0.990. The molecule has 1 aliphatic rings. The van der Waals surface area contributed by atoms with E-state index < -0.39 is 9.84 Å². The fourth-order valence-electron chi connectivity index (χ4n) is 1.65. The molecule has 1 aliphatic heterocycles. The largest absolute Gasteiger partial charge is 0.358 e. The van der Waals surface area contributed by atoms with Gasteiger partial charge in [-0.25, -0.2) is 8.42 Å². The van der Waals surface area contributed by atoms with Gasteiger partial charge in [-0.15, -0.1) is 11.3 Å². The second-order valence-corrected chi connectivity index (χ2v) is 7.58. The molecule has 2 N–H and O–H groups in total. The Labute approximate surface area is 115 Å². The van der Waals surface area contributed by atoms with Gasteiger partial charge in [-0.05, 0) is 30.1 Å². The highest BCUT2D eigenvalue weighted by atomic mass is 32.2. The van der Waals surface area contributed by atoms with Crippen molar-refractivity contribution in [2.75, 3.05) is 11.5 Å². The van der Waals surface area contributed by atoms with Crippen molar-refractivity contribution < 1.29 is 8.42 Å². The molecule has 1 aromatic heterocycles. The maximum Gasteiger partial charge on any atom is 0.187 e. The highest BCUT2D eigenvalue weighted by Crippen LogP contribution is 2.10. The second kappa shape index (κ2) is 5.77. The number of thiophene rings is 1. The van der Waals surface area contributed by atoms with E-state index in [1.54, 1.807) is 17.6 Å². The van der Waals surface area contributed by atoms with Crippen LogP contribution in [0.15, 0.2) is 22.6 Å². The first kappa shape index (κ1) is 13.4. The standard InChI is InChI=1S/C10H13N3O2S3/c14-18(15)5-3-8(7-18)12-10(16)13-11-6-9-2-1-4-17-9/h1-2,4,6,8H,3,5,7H2,(H2,12,13,16). The number of nitrogens with one attached hydrogen (secondary N) is 2. The number of nitrogens with zero attached hydrogens (tertiary/aromatic N) is 1. The molecule has 1 aromatic rings. The van der Waals surface area contributed by atoms with E-state index in [4.69, 9.17) is 12.2 Å². The number of hydrogen-bond acceptors (Lipinski definition) is 5. The lowest BCUT2D eigenvalue weighted by molar-refractivity contribution is 0.600. The van der Waals surface area contributed by atoms with Gasteiger partial charge in [0.1, 0.15) is 0 Å². The highest BCUT2D eigenvalue weighted by Gasteiger charge is 2.27. The van der Waals surface area contributed by atoms with Crippen LogP contribution in [0.5, 0.6) is 0 Å². The minimum absolute atomic E-state index is 0.105. The fourth-order valence-corrected chi connectivity index (χ4v) is 4.12. The fraction of sp³-hybridized carbons (Fsp3) is 0.400. The number of sulfone groups is 1. The van der Waals surface area contributed by atoms with Crippen LogP contribution in [-0.2, 0) is 9.84 Å². The summed E-state index contributed by atoms with van der Waals surface area (Å²) in [6, 6.07) is 3.77. The molecule has 1 saturated heterocycles. The summed E-state index contributed by atoms with van der Waals surface area (Å²) in [5, 5.41) is 9.23. The van der Waals surface area contributed by atoms with Gasteiger partial charge in [0.15, 0.2) is 14.9 Å². The molecule has 8 heteroatoms. The predicted molar refractivity (Wildman–Crippen MR) is 77.8 cm³/mol. The van der Waals surface area contributed by atoms with Gasteiger partial charge >= 0.3 is 0 Å². The average molecular weight is 303 g/mol. The first-order valence-corrected chi connectivity index (χ1v) is 8.49. The van der Waals surface area contributed by atoms with Crippen LogP contribution >= 0.6 is 23.6 Å². The SMILES string of the molecule is O=S1(=O)CCC(NC(=S)NN=Cc2cccs2)C1. The van der Waals surface area contributed by atoms with Crippen LogP contribution in [0.4, 0.5) is 0 Å². The Morgan fingerprint density at radius 1 is 1.61 bits per heavy atom. The van der Waals surface area contributed by atoms with Gasteiger partial charge in [0.05, 0.1) is 17.7 Å². The summed E-state index contributed by atoms with van der Waals surface area (Å²) < 4.78 is 22.5. The highest BCUT2D eigenvalue weighted by molar-refractivity contribution is 7.91. The van der Waals surface area contributed by atoms with Crippen molar-refractivity contribution in [1.29, 1.82) is 0 Å². The zero-order valence-corrected chi connectivity index (χ0v) is 11.9. The van der Waals surface area contributed by atoms with E-state index in [1.807, 2.05) is 17.5 Å². The van der Waals surface area contributed by atoms with Crippen LogP contribution in [0.25, 0.3) is 0 Å². The Balaban J connectivity index is 1.76. The van der Waals surface area contributed by atoms with E-state index in [-0.39, 0.29) is 17.5 Å². The number of rotatable bonds is 3. The minimum Gasteiger partial charge on any atom is -0.358 e. The minimum atomic E-state index is -2.88. The Morgan fingerprint density at radius 3 is 3.06 bits per heavy atom. The summed E-state index contributed by atoms with van der Waals surface area (Å²) in [6.07, 6.45) is 2.27. The molecule has 0 radical (unpaired) electrons. The van der Waals surface area contributed by atoms with Crippen LogP contribution in [-0.4, -0.2) is 37.3 Å². The lowest BCUT2D eigenvalue weighted by atomic mass is 10.3. The zero-order valence-electron chi connectivity index (χ0n) is 9.50. The van der Waals surface area contributed by atoms with Gasteiger partial charge < -0.3 is 5.32 Å². The van der Waals surface area contributed by atoms with Crippen LogP contribution in [0.3, 0.4) is 0 Å². The van der Waals surface area contributed by atoms with Gasteiger partial charge in [-0.2, -0.15) is 5.10 Å². The number of hydrogen-bond donors (Lipinski definition) is 2. The number of hydrazone groups is 1. The van der Waals surface area contributed by atoms with Gasteiger partial charge in [0.25, 0.3) is 0 Å². The van der Waals surface area contributed by atoms with E-state index in [0.717, 1.165) is 4.88 Å². The third-order valence-corrected chi connectivity index (χ3v) is 5.25. The number of thiocarbonyl (C=S) groups is 1. The molecule has 0 spiro atoms. The first-order valence-electron chi connectivity index (χ1n) is 5.39. The predicted octanol–water partition coefficient (Wildman–Crippen LogP) is 0.733. The van der Waals surface area contributed by atoms with Gasteiger partial charge in [-0.3, -0.25) is 5.43 Å². The summed E-state index contributed by atoms with van der Waals surface area (Å²) in [6.45, 7) is 0. The maximum atomic E-state index is 11.3. The molecule has 5 nitrogen and oxygen atoms in total. The van der Waals surface area contributed by atoms with Crippen LogP contribution < -0.4 is 10.7 Å². The molecular weight excluding hydrogens is 290 g/mol. The molecule has 98 valence electrons. The first-order chi connectivity index (χ1) is 8.55. The molecule has 1 unspecified atom stereocenters. The summed E-state index contributed by atoms with van der Waals surface area (Å²) in [5.41, 5.74) is 2.68. The lowest BCUT2D eigenvalue weighted by Gasteiger charge is -2.11. The van der Waals surface area contributed by atoms with Crippen molar-refractivity contribution in [2.24, 2.45) is 5.10 Å². The molecule has 1 fully saturated rings. The smallest absolute Gasteiger partial charge is 0.187 e. The quantitative estimate of drug-likeness (QED) is 0.489. The monoisotopic (exact) mass is 303 g/mol. The Bertz CT molecular complexity index is 537. The van der Waals surface area contributed by atoms with Crippen molar-refractivity contribution in [3.63, 3.8) is 0 Å². The lowest BCUT2D eigenvalue weighted by Crippen LogP contribution is -2.40. The normalized spacial score (nSPS) is 22.1. The van der Waals surface area contributed by atoms with Crippen molar-refractivity contribution in [1.82, 2.24) is 10.7 Å². The van der Waals surface area contributed by atoms with Crippen molar-refractivity contribution in [2.45, 2.75) is 12.5 Å². The summed E-state index contributed by atoms with van der Waals surface area (Å²) >= 11 is 6.61. The van der Waals surface area contributed by atoms with E-state index in [9.17, 15) is 8.42 Å². The topological polar surface area (TPSA) is 70.6 Å². The molecule has 0 saturated carbocycles. The van der Waals surface area contributed by atoms with Crippen LogP contribution in [0.2, 0.25) is 0 Å². The van der Waals surface area contributed by atoms with Gasteiger partial charge in [-0.1, -0.05) is 6.07 Å². The van der Waals surface area contributed by atoms with Gasteiger partial charge in [0.2, 0.25) is 0 Å². The van der Waals surface area contributed by atoms with Crippen molar-refractivity contribution >= 4 is 44.7 Å². The van der Waals surface area contributed by atoms with Crippen molar-refractivity contribution in [3.05, 3.63) is 22.4 Å². The second-order valence-electron chi connectivity index (χ2n) is 3.96. The molecule has 0 amide bonds. The molecule has 2 heterocycles. The molecular formula is C10H13N3O2S3. The van der Waals surface area contributed by atoms with E-state index >= 15 is 0 Å². The van der Waals surface area contributed by atoms with Gasteiger partial charge in [0, 0.05) is 10.9 Å². The van der Waals surface area contributed by atoms with Crippen molar-refractivity contribution in [3.8, 4) is 0 Å². The molecule has 0 aromatic carbocycles. The third-order valence-electron chi connectivity index (χ3n) is 2.47. The Kier molecular flexibility index (Phi) is 4.31. The molecule has 2 rings (SSSR count). The molecule has 1 atom stereocenters. The average Bonchev–Trinajstić information content (AvgIpc) is 2.88. The van der Waals surface area contributed by atoms with E-state index in [1.165, 1.54) is 0 Å². The third kappa shape index (κ3) is 4.04. The zero-order chi connectivity index (χ0) is 13.0. The summed E-state index contributed by atoms with van der Waals surface area (Å²) in [7, 11) is -2.88. The van der Waals surface area contributed by atoms with Crippen LogP contribution in [0, 0.1) is 0 Å². The maximum absolute atomic E-state index is 11.3. The molecule has 18 heavy (non-hydrogen) atoms. The summed E-state index contributed by atoms with van der Waals surface area (Å²) in [5.74, 6) is 0.370. The molecule has 0 bridgehead atoms. The molecule has 0 aliphatic carbocycles. The van der Waals surface area contributed by atoms with E-state index in [2.05, 4.69) is 15.8 Å². The van der Waals surface area contributed by atoms with Crippen LogP contribution in [0.1, 0.15) is 11.3 Å². The summed E-state index contributed by atoms with van der Waals surface area (Å²) in [4.78, 5) is 1.02.